The van der Waals surface area contributed by atoms with Gasteiger partial charge in [-0.1, -0.05) is 18.2 Å². The van der Waals surface area contributed by atoms with E-state index in [1.165, 1.54) is 16.4 Å². The first kappa shape index (κ1) is 16.5. The van der Waals surface area contributed by atoms with Gasteiger partial charge in [0.1, 0.15) is 11.6 Å². The van der Waals surface area contributed by atoms with Gasteiger partial charge in [0.05, 0.1) is 11.5 Å². The smallest absolute Gasteiger partial charge is 0.242 e. The summed E-state index contributed by atoms with van der Waals surface area (Å²) in [6.07, 6.45) is 0.542. The lowest BCUT2D eigenvalue weighted by Crippen LogP contribution is -2.28. The van der Waals surface area contributed by atoms with Crippen molar-refractivity contribution in [2.75, 3.05) is 20.2 Å². The molecule has 0 unspecified atom stereocenters. The number of hydrogen-bond donors (Lipinski definition) is 0. The minimum absolute atomic E-state index is 0.275. The molecule has 6 heteroatoms. The van der Waals surface area contributed by atoms with Crippen molar-refractivity contribution in [2.45, 2.75) is 11.3 Å². The van der Waals surface area contributed by atoms with Crippen LogP contribution in [0.2, 0.25) is 0 Å². The van der Waals surface area contributed by atoms with Crippen LogP contribution in [0.1, 0.15) is 6.42 Å². The minimum Gasteiger partial charge on any atom is -0.494 e. The second-order valence-electron chi connectivity index (χ2n) is 4.80. The van der Waals surface area contributed by atoms with Gasteiger partial charge in [-0.25, -0.2) is 17.1 Å². The molecule has 0 saturated heterocycles. The van der Waals surface area contributed by atoms with Crippen molar-refractivity contribution in [3.63, 3.8) is 0 Å². The van der Waals surface area contributed by atoms with E-state index in [1.807, 2.05) is 0 Å². The molecule has 0 spiro atoms. The van der Waals surface area contributed by atoms with Gasteiger partial charge in [-0.05, 0) is 42.8 Å². The third kappa shape index (κ3) is 4.29. The fourth-order valence-corrected chi connectivity index (χ4v) is 3.13. The van der Waals surface area contributed by atoms with Crippen LogP contribution >= 0.6 is 0 Å². The number of rotatable bonds is 7. The van der Waals surface area contributed by atoms with E-state index in [-0.39, 0.29) is 10.7 Å². The van der Waals surface area contributed by atoms with Gasteiger partial charge in [0.15, 0.2) is 0 Å². The Labute approximate surface area is 130 Å². The van der Waals surface area contributed by atoms with E-state index in [1.54, 1.807) is 49.5 Å². The van der Waals surface area contributed by atoms with Crippen LogP contribution < -0.4 is 4.74 Å². The average Bonchev–Trinajstić information content (AvgIpc) is 2.54. The van der Waals surface area contributed by atoms with E-state index in [9.17, 15) is 12.8 Å². The predicted octanol–water partition coefficient (Wildman–Crippen LogP) is 2.92. The molecular weight excluding hydrogens is 305 g/mol. The topological polar surface area (TPSA) is 46.6 Å². The van der Waals surface area contributed by atoms with Crippen LogP contribution in [0.5, 0.6) is 5.75 Å². The first-order valence-electron chi connectivity index (χ1n) is 6.90. The van der Waals surface area contributed by atoms with Gasteiger partial charge in [0.2, 0.25) is 10.0 Å². The molecule has 0 fully saturated rings. The zero-order chi connectivity index (χ0) is 16.0. The van der Waals surface area contributed by atoms with E-state index < -0.39 is 10.0 Å². The molecule has 0 radical (unpaired) electrons. The number of halogens is 1. The summed E-state index contributed by atoms with van der Waals surface area (Å²) in [4.78, 5) is 0.275. The number of ether oxygens (including phenoxy) is 1. The quantitative estimate of drug-likeness (QED) is 0.736. The SMILES string of the molecule is CN(CCCOc1ccc(F)cc1)S(=O)(=O)c1ccccc1. The summed E-state index contributed by atoms with van der Waals surface area (Å²) in [6, 6.07) is 14.0. The van der Waals surface area contributed by atoms with E-state index in [2.05, 4.69) is 0 Å². The molecule has 0 N–H and O–H groups in total. The highest BCUT2D eigenvalue weighted by atomic mass is 32.2. The second kappa shape index (κ2) is 7.38. The lowest BCUT2D eigenvalue weighted by molar-refractivity contribution is 0.296. The van der Waals surface area contributed by atoms with Gasteiger partial charge in [0, 0.05) is 13.6 Å². The Morgan fingerprint density at radius 3 is 2.32 bits per heavy atom. The fraction of sp³-hybridized carbons (Fsp3) is 0.250. The summed E-state index contributed by atoms with van der Waals surface area (Å²) in [5.74, 6) is 0.246. The number of benzene rings is 2. The van der Waals surface area contributed by atoms with Crippen LogP contribution in [-0.2, 0) is 10.0 Å². The molecule has 0 aliphatic carbocycles. The molecule has 2 aromatic rings. The van der Waals surface area contributed by atoms with Crippen molar-refractivity contribution in [2.24, 2.45) is 0 Å². The van der Waals surface area contributed by atoms with Gasteiger partial charge in [-0.15, -0.1) is 0 Å². The summed E-state index contributed by atoms with van der Waals surface area (Å²) >= 11 is 0. The Kier molecular flexibility index (Phi) is 5.51. The Bertz CT molecular complexity index is 687. The summed E-state index contributed by atoms with van der Waals surface area (Å²) in [5, 5.41) is 0. The molecule has 0 amide bonds. The lowest BCUT2D eigenvalue weighted by atomic mass is 10.3. The van der Waals surface area contributed by atoms with Gasteiger partial charge in [-0.3, -0.25) is 0 Å². The first-order valence-corrected chi connectivity index (χ1v) is 8.34. The van der Waals surface area contributed by atoms with Gasteiger partial charge in [0.25, 0.3) is 0 Å². The van der Waals surface area contributed by atoms with Gasteiger partial charge in [-0.2, -0.15) is 0 Å². The summed E-state index contributed by atoms with van der Waals surface area (Å²) < 4.78 is 44.0. The maximum absolute atomic E-state index is 12.7. The second-order valence-corrected chi connectivity index (χ2v) is 6.84. The zero-order valence-corrected chi connectivity index (χ0v) is 13.1. The first-order chi connectivity index (χ1) is 10.5. The van der Waals surface area contributed by atoms with Gasteiger partial charge < -0.3 is 4.74 Å². The summed E-state index contributed by atoms with van der Waals surface area (Å²) in [5.41, 5.74) is 0. The molecule has 0 bridgehead atoms. The zero-order valence-electron chi connectivity index (χ0n) is 12.3. The summed E-state index contributed by atoms with van der Waals surface area (Å²) in [7, 11) is -1.92. The van der Waals surface area contributed by atoms with Crippen molar-refractivity contribution in [3.8, 4) is 5.75 Å². The highest BCUT2D eigenvalue weighted by Gasteiger charge is 2.19. The Morgan fingerprint density at radius 2 is 1.68 bits per heavy atom. The Hall–Kier alpha value is -1.92. The molecule has 0 heterocycles. The van der Waals surface area contributed by atoms with Crippen LogP contribution in [0.25, 0.3) is 0 Å². The normalized spacial score (nSPS) is 11.6. The number of hydrogen-bond acceptors (Lipinski definition) is 3. The van der Waals surface area contributed by atoms with Crippen LogP contribution in [0, 0.1) is 5.82 Å². The Morgan fingerprint density at radius 1 is 1.05 bits per heavy atom. The molecule has 0 saturated carbocycles. The standard InChI is InChI=1S/C16H18FNO3S/c1-18(22(19,20)16-6-3-2-4-7-16)12-5-13-21-15-10-8-14(17)9-11-15/h2-4,6-11H,5,12-13H2,1H3. The maximum atomic E-state index is 12.7. The minimum atomic E-state index is -3.46. The number of sulfonamides is 1. The van der Waals surface area contributed by atoms with Crippen molar-refractivity contribution < 1.29 is 17.5 Å². The van der Waals surface area contributed by atoms with E-state index in [4.69, 9.17) is 4.74 Å². The van der Waals surface area contributed by atoms with Crippen LogP contribution in [0.15, 0.2) is 59.5 Å². The molecule has 22 heavy (non-hydrogen) atoms. The van der Waals surface area contributed by atoms with Crippen molar-refractivity contribution >= 4 is 10.0 Å². The molecule has 0 aromatic heterocycles. The molecule has 2 rings (SSSR count). The lowest BCUT2D eigenvalue weighted by Gasteiger charge is -2.17. The maximum Gasteiger partial charge on any atom is 0.242 e. The van der Waals surface area contributed by atoms with Crippen LogP contribution in [-0.4, -0.2) is 32.9 Å². The van der Waals surface area contributed by atoms with Crippen molar-refractivity contribution in [1.29, 1.82) is 0 Å². The third-order valence-electron chi connectivity index (χ3n) is 3.15. The molecule has 118 valence electrons. The van der Waals surface area contributed by atoms with E-state index >= 15 is 0 Å². The average molecular weight is 323 g/mol. The van der Waals surface area contributed by atoms with Crippen molar-refractivity contribution in [1.82, 2.24) is 4.31 Å². The van der Waals surface area contributed by atoms with Crippen LogP contribution in [0.3, 0.4) is 0 Å². The fourth-order valence-electron chi connectivity index (χ4n) is 1.90. The highest BCUT2D eigenvalue weighted by Crippen LogP contribution is 2.14. The largest absolute Gasteiger partial charge is 0.494 e. The molecule has 4 nitrogen and oxygen atoms in total. The van der Waals surface area contributed by atoms with Crippen LogP contribution in [0.4, 0.5) is 4.39 Å². The monoisotopic (exact) mass is 323 g/mol. The van der Waals surface area contributed by atoms with E-state index in [0.29, 0.717) is 25.3 Å². The van der Waals surface area contributed by atoms with E-state index in [0.717, 1.165) is 0 Å². The van der Waals surface area contributed by atoms with Crippen molar-refractivity contribution in [3.05, 3.63) is 60.4 Å². The molecule has 0 atom stereocenters. The van der Waals surface area contributed by atoms with Gasteiger partial charge >= 0.3 is 0 Å². The molecule has 0 aliphatic rings. The molecular formula is C16H18FNO3S. The predicted molar refractivity (Wildman–Crippen MR) is 82.8 cm³/mol. The number of nitrogens with zero attached hydrogens (tertiary/aromatic N) is 1. The highest BCUT2D eigenvalue weighted by molar-refractivity contribution is 7.89. The molecule has 0 aliphatic heterocycles. The Balaban J connectivity index is 1.82. The molecule has 2 aromatic carbocycles. The third-order valence-corrected chi connectivity index (χ3v) is 5.02. The summed E-state index contributed by atoms with van der Waals surface area (Å²) in [6.45, 7) is 0.707.